The van der Waals surface area contributed by atoms with Gasteiger partial charge >= 0.3 is 5.97 Å². The fourth-order valence-corrected chi connectivity index (χ4v) is 2.51. The van der Waals surface area contributed by atoms with Crippen LogP contribution in [-0.2, 0) is 22.5 Å². The van der Waals surface area contributed by atoms with Crippen LogP contribution in [-0.4, -0.2) is 17.1 Å². The Kier molecular flexibility index (Phi) is 6.02. The van der Waals surface area contributed by atoms with Crippen molar-refractivity contribution >= 4 is 5.97 Å². The molecule has 0 aliphatic carbocycles. The number of nitrogens with one attached hydrogen (secondary N) is 1. The average Bonchev–Trinajstić information content (AvgIpc) is 2.53. The van der Waals surface area contributed by atoms with Gasteiger partial charge in [-0.05, 0) is 57.7 Å². The first-order valence-electron chi connectivity index (χ1n) is 8.76. The fraction of sp³-hybridized carbons (Fsp3) is 0.409. The first-order valence-corrected chi connectivity index (χ1v) is 8.76. The van der Waals surface area contributed by atoms with Gasteiger partial charge in [0.25, 0.3) is 0 Å². The number of benzene rings is 2. The molecule has 2 aromatic rings. The predicted molar refractivity (Wildman–Crippen MR) is 102 cm³/mol. The zero-order valence-electron chi connectivity index (χ0n) is 15.9. The van der Waals surface area contributed by atoms with E-state index in [1.165, 1.54) is 16.7 Å². The van der Waals surface area contributed by atoms with E-state index in [1.54, 1.807) is 0 Å². The van der Waals surface area contributed by atoms with E-state index < -0.39 is 11.1 Å². The molecule has 0 heterocycles. The van der Waals surface area contributed by atoms with E-state index in [4.69, 9.17) is 4.74 Å². The van der Waals surface area contributed by atoms with E-state index in [0.29, 0.717) is 6.54 Å². The van der Waals surface area contributed by atoms with E-state index >= 15 is 0 Å². The Hall–Kier alpha value is -2.13. The molecule has 134 valence electrons. The minimum absolute atomic E-state index is 0.236. The Morgan fingerprint density at radius 1 is 0.880 bits per heavy atom. The fourth-order valence-electron chi connectivity index (χ4n) is 2.51. The monoisotopic (exact) mass is 339 g/mol. The molecule has 0 fully saturated rings. The normalized spacial score (nSPS) is 12.0. The van der Waals surface area contributed by atoms with Crippen molar-refractivity contribution in [1.82, 2.24) is 5.32 Å². The topological polar surface area (TPSA) is 38.3 Å². The van der Waals surface area contributed by atoms with Gasteiger partial charge in [0.1, 0.15) is 11.1 Å². The van der Waals surface area contributed by atoms with Crippen molar-refractivity contribution in [3.63, 3.8) is 0 Å². The second-order valence-electron chi connectivity index (χ2n) is 7.91. The molecular formula is C22H29NO2. The molecule has 0 saturated heterocycles. The summed E-state index contributed by atoms with van der Waals surface area (Å²) in [5, 5.41) is 3.35. The van der Waals surface area contributed by atoms with Crippen molar-refractivity contribution in [3.05, 3.63) is 71.3 Å². The zero-order valence-corrected chi connectivity index (χ0v) is 15.9. The van der Waals surface area contributed by atoms with Crippen LogP contribution in [0.3, 0.4) is 0 Å². The van der Waals surface area contributed by atoms with E-state index in [9.17, 15) is 4.79 Å². The summed E-state index contributed by atoms with van der Waals surface area (Å²) < 4.78 is 5.52. The molecule has 0 aliphatic rings. The van der Waals surface area contributed by atoms with Crippen molar-refractivity contribution < 1.29 is 9.53 Å². The lowest BCUT2D eigenvalue weighted by atomic mass is 9.98. The highest BCUT2D eigenvalue weighted by atomic mass is 16.6. The number of esters is 1. The Balaban J connectivity index is 2.06. The van der Waals surface area contributed by atoms with Crippen LogP contribution in [0.2, 0.25) is 0 Å². The van der Waals surface area contributed by atoms with Gasteiger partial charge in [-0.3, -0.25) is 10.1 Å². The third-order valence-corrected chi connectivity index (χ3v) is 3.99. The van der Waals surface area contributed by atoms with Crippen molar-refractivity contribution in [1.29, 1.82) is 0 Å². The summed E-state index contributed by atoms with van der Waals surface area (Å²) in [6, 6.07) is 18.8. The SMILES string of the molecule is CC(C)(C)OC(=O)C(C)(C)NCc1ccccc1Cc1ccccc1. The molecule has 1 N–H and O–H groups in total. The molecule has 0 radical (unpaired) electrons. The van der Waals surface area contributed by atoms with Gasteiger partial charge in [0.05, 0.1) is 0 Å². The lowest BCUT2D eigenvalue weighted by molar-refractivity contribution is -0.161. The third kappa shape index (κ3) is 6.02. The highest BCUT2D eigenvalue weighted by molar-refractivity contribution is 5.80. The van der Waals surface area contributed by atoms with Crippen molar-refractivity contribution in [2.24, 2.45) is 0 Å². The number of hydrogen-bond acceptors (Lipinski definition) is 3. The Labute approximate surface area is 151 Å². The van der Waals surface area contributed by atoms with Crippen molar-refractivity contribution in [2.75, 3.05) is 0 Å². The van der Waals surface area contributed by atoms with Crippen LogP contribution in [0.25, 0.3) is 0 Å². The molecule has 2 rings (SSSR count). The third-order valence-electron chi connectivity index (χ3n) is 3.99. The first-order chi connectivity index (χ1) is 11.7. The van der Waals surface area contributed by atoms with Gasteiger partial charge in [-0.2, -0.15) is 0 Å². The molecule has 0 aliphatic heterocycles. The summed E-state index contributed by atoms with van der Waals surface area (Å²) in [5.41, 5.74) is 2.51. The maximum Gasteiger partial charge on any atom is 0.326 e. The van der Waals surface area contributed by atoms with Gasteiger partial charge in [0.2, 0.25) is 0 Å². The summed E-state index contributed by atoms with van der Waals surface area (Å²) >= 11 is 0. The Bertz CT molecular complexity index is 699. The average molecular weight is 339 g/mol. The lowest BCUT2D eigenvalue weighted by Crippen LogP contribution is -2.49. The summed E-state index contributed by atoms with van der Waals surface area (Å²) in [6.45, 7) is 10.00. The van der Waals surface area contributed by atoms with Crippen LogP contribution in [0.1, 0.15) is 51.3 Å². The van der Waals surface area contributed by atoms with Gasteiger partial charge in [0.15, 0.2) is 0 Å². The molecule has 3 heteroatoms. The summed E-state index contributed by atoms with van der Waals surface area (Å²) in [5.74, 6) is -0.236. The van der Waals surface area contributed by atoms with Crippen molar-refractivity contribution in [2.45, 2.75) is 58.7 Å². The zero-order chi connectivity index (χ0) is 18.5. The highest BCUT2D eigenvalue weighted by Gasteiger charge is 2.32. The standard InChI is InChI=1S/C22H29NO2/c1-21(2,3)25-20(24)22(4,5)23-16-19-14-10-9-13-18(19)15-17-11-7-6-8-12-17/h6-14,23H,15-16H2,1-5H3. The van der Waals surface area contributed by atoms with Gasteiger partial charge < -0.3 is 4.74 Å². The quantitative estimate of drug-likeness (QED) is 0.788. The lowest BCUT2D eigenvalue weighted by Gasteiger charge is -2.29. The van der Waals surface area contributed by atoms with Crippen LogP contribution in [0.15, 0.2) is 54.6 Å². The van der Waals surface area contributed by atoms with Crippen LogP contribution < -0.4 is 5.32 Å². The summed E-state index contributed by atoms with van der Waals surface area (Å²) in [6.07, 6.45) is 0.881. The van der Waals surface area contributed by atoms with E-state index in [1.807, 2.05) is 46.8 Å². The molecule has 2 aromatic carbocycles. The second kappa shape index (κ2) is 7.83. The summed E-state index contributed by atoms with van der Waals surface area (Å²) in [7, 11) is 0. The largest absolute Gasteiger partial charge is 0.459 e. The van der Waals surface area contributed by atoms with Crippen LogP contribution in [0, 0.1) is 0 Å². The first kappa shape index (κ1) is 19.2. The molecule has 3 nitrogen and oxygen atoms in total. The number of hydrogen-bond donors (Lipinski definition) is 1. The molecule has 0 amide bonds. The minimum atomic E-state index is -0.743. The molecule has 25 heavy (non-hydrogen) atoms. The molecule has 0 aromatic heterocycles. The molecule has 0 bridgehead atoms. The summed E-state index contributed by atoms with van der Waals surface area (Å²) in [4.78, 5) is 12.4. The number of carbonyl (C=O) groups excluding carboxylic acids is 1. The number of carbonyl (C=O) groups is 1. The van der Waals surface area contributed by atoms with Crippen LogP contribution in [0.4, 0.5) is 0 Å². The molecule has 0 saturated carbocycles. The number of rotatable bonds is 6. The number of ether oxygens (including phenoxy) is 1. The van der Waals surface area contributed by atoms with E-state index in [0.717, 1.165) is 6.42 Å². The van der Waals surface area contributed by atoms with Crippen molar-refractivity contribution in [3.8, 4) is 0 Å². The van der Waals surface area contributed by atoms with Gasteiger partial charge in [0, 0.05) is 6.54 Å². The van der Waals surface area contributed by atoms with Gasteiger partial charge in [-0.25, -0.2) is 0 Å². The van der Waals surface area contributed by atoms with E-state index in [-0.39, 0.29) is 5.97 Å². The molecular weight excluding hydrogens is 310 g/mol. The Morgan fingerprint density at radius 2 is 1.44 bits per heavy atom. The molecule has 0 unspecified atom stereocenters. The van der Waals surface area contributed by atoms with E-state index in [2.05, 4.69) is 47.8 Å². The smallest absolute Gasteiger partial charge is 0.326 e. The maximum atomic E-state index is 12.4. The van der Waals surface area contributed by atoms with Crippen LogP contribution in [0.5, 0.6) is 0 Å². The van der Waals surface area contributed by atoms with Crippen LogP contribution >= 0.6 is 0 Å². The van der Waals surface area contributed by atoms with Gasteiger partial charge in [-0.15, -0.1) is 0 Å². The predicted octanol–water partition coefficient (Wildman–Crippen LogP) is 4.49. The second-order valence-corrected chi connectivity index (χ2v) is 7.91. The highest BCUT2D eigenvalue weighted by Crippen LogP contribution is 2.18. The Morgan fingerprint density at radius 3 is 2.04 bits per heavy atom. The minimum Gasteiger partial charge on any atom is -0.459 e. The molecule has 0 atom stereocenters. The maximum absolute atomic E-state index is 12.4. The molecule has 0 spiro atoms. The van der Waals surface area contributed by atoms with Gasteiger partial charge in [-0.1, -0.05) is 54.6 Å².